The molecular weight excluding hydrogens is 387 g/mol. The van der Waals surface area contributed by atoms with Crippen LogP contribution in [0.25, 0.3) is 0 Å². The van der Waals surface area contributed by atoms with E-state index in [1.165, 1.54) is 42.6 Å². The lowest BCUT2D eigenvalue weighted by atomic mass is 10.1. The fourth-order valence-electron chi connectivity index (χ4n) is 2.04. The molecule has 0 atom stereocenters. The Balaban J connectivity index is 1.88. The molecule has 1 aromatic heterocycles. The topological polar surface area (TPSA) is 111 Å². The predicted octanol–water partition coefficient (Wildman–Crippen LogP) is 1.53. The SMILES string of the molecule is NS(=O)(=O)c1ccc(CC(=O)NCc2ccnc(OCC(F)(F)F)c2)cc1. The van der Waals surface area contributed by atoms with Crippen molar-refractivity contribution in [2.75, 3.05) is 6.61 Å². The van der Waals surface area contributed by atoms with E-state index in [4.69, 9.17) is 5.14 Å². The van der Waals surface area contributed by atoms with Crippen LogP contribution in [-0.2, 0) is 27.8 Å². The highest BCUT2D eigenvalue weighted by atomic mass is 32.2. The van der Waals surface area contributed by atoms with Crippen LogP contribution < -0.4 is 15.2 Å². The van der Waals surface area contributed by atoms with Crippen molar-refractivity contribution in [2.24, 2.45) is 5.14 Å². The molecule has 0 saturated heterocycles. The molecule has 0 fully saturated rings. The second kappa shape index (κ2) is 8.35. The van der Waals surface area contributed by atoms with Crippen molar-refractivity contribution in [3.8, 4) is 5.88 Å². The van der Waals surface area contributed by atoms with E-state index in [1.807, 2.05) is 0 Å². The van der Waals surface area contributed by atoms with E-state index in [-0.39, 0.29) is 29.6 Å². The zero-order valence-electron chi connectivity index (χ0n) is 13.9. The lowest BCUT2D eigenvalue weighted by Gasteiger charge is -2.10. The molecule has 3 N–H and O–H groups in total. The van der Waals surface area contributed by atoms with Crippen molar-refractivity contribution >= 4 is 15.9 Å². The molecule has 1 heterocycles. The lowest BCUT2D eigenvalue weighted by molar-refractivity contribution is -0.154. The molecule has 2 rings (SSSR count). The Morgan fingerprint density at radius 2 is 1.81 bits per heavy atom. The van der Waals surface area contributed by atoms with E-state index in [0.29, 0.717) is 11.1 Å². The quantitative estimate of drug-likeness (QED) is 0.728. The van der Waals surface area contributed by atoms with Gasteiger partial charge in [0.25, 0.3) is 0 Å². The van der Waals surface area contributed by atoms with E-state index in [1.54, 1.807) is 0 Å². The molecule has 0 unspecified atom stereocenters. The molecule has 0 bridgehead atoms. The predicted molar refractivity (Wildman–Crippen MR) is 89.2 cm³/mol. The first-order valence-corrected chi connectivity index (χ1v) is 9.10. The second-order valence-corrected chi connectivity index (χ2v) is 7.11. The van der Waals surface area contributed by atoms with Crippen molar-refractivity contribution in [3.05, 3.63) is 53.7 Å². The normalized spacial score (nSPS) is 11.9. The summed E-state index contributed by atoms with van der Waals surface area (Å²) < 4.78 is 63.3. The molecule has 0 aliphatic heterocycles. The maximum atomic E-state index is 12.1. The molecule has 1 aromatic carbocycles. The third-order valence-corrected chi connectivity index (χ3v) is 4.22. The summed E-state index contributed by atoms with van der Waals surface area (Å²) in [5.74, 6) is -0.550. The first kappa shape index (κ1) is 20.6. The highest BCUT2D eigenvalue weighted by Crippen LogP contribution is 2.17. The van der Waals surface area contributed by atoms with Gasteiger partial charge in [-0.15, -0.1) is 0 Å². The van der Waals surface area contributed by atoms with Crippen LogP contribution in [0, 0.1) is 0 Å². The van der Waals surface area contributed by atoms with Crippen molar-refractivity contribution in [3.63, 3.8) is 0 Å². The molecule has 0 spiro atoms. The van der Waals surface area contributed by atoms with Crippen LogP contribution in [0.3, 0.4) is 0 Å². The molecule has 0 saturated carbocycles. The first-order valence-electron chi connectivity index (χ1n) is 7.56. The average molecular weight is 403 g/mol. The Morgan fingerprint density at radius 1 is 1.15 bits per heavy atom. The van der Waals surface area contributed by atoms with E-state index in [9.17, 15) is 26.4 Å². The number of hydrogen-bond acceptors (Lipinski definition) is 5. The summed E-state index contributed by atoms with van der Waals surface area (Å²) in [6.07, 6.45) is -3.20. The summed E-state index contributed by atoms with van der Waals surface area (Å²) in [7, 11) is -3.80. The van der Waals surface area contributed by atoms with E-state index < -0.39 is 22.8 Å². The Bertz CT molecular complexity index is 900. The number of nitrogens with two attached hydrogens (primary N) is 1. The van der Waals surface area contributed by atoms with Gasteiger partial charge < -0.3 is 10.1 Å². The van der Waals surface area contributed by atoms with Crippen molar-refractivity contribution < 1.29 is 31.1 Å². The number of amides is 1. The van der Waals surface area contributed by atoms with Crippen LogP contribution in [0.4, 0.5) is 13.2 Å². The zero-order valence-corrected chi connectivity index (χ0v) is 14.7. The first-order chi connectivity index (χ1) is 12.5. The standard InChI is InChI=1S/C16H16F3N3O4S/c17-16(18,19)10-26-15-8-12(5-6-21-15)9-22-14(23)7-11-1-3-13(4-2-11)27(20,24)25/h1-6,8H,7,9-10H2,(H,22,23)(H2,20,24,25). The highest BCUT2D eigenvalue weighted by molar-refractivity contribution is 7.89. The highest BCUT2D eigenvalue weighted by Gasteiger charge is 2.28. The Kier molecular flexibility index (Phi) is 6.39. The number of hydrogen-bond donors (Lipinski definition) is 2. The number of halogens is 3. The maximum Gasteiger partial charge on any atom is 0.422 e. The van der Waals surface area contributed by atoms with E-state index in [2.05, 4.69) is 15.0 Å². The van der Waals surface area contributed by atoms with Crippen LogP contribution in [0.15, 0.2) is 47.5 Å². The average Bonchev–Trinajstić information content (AvgIpc) is 2.58. The number of alkyl halides is 3. The van der Waals surface area contributed by atoms with Crippen LogP contribution in [-0.4, -0.2) is 32.1 Å². The van der Waals surface area contributed by atoms with Gasteiger partial charge in [-0.05, 0) is 29.3 Å². The summed E-state index contributed by atoms with van der Waals surface area (Å²) in [4.78, 5) is 15.6. The van der Waals surface area contributed by atoms with E-state index >= 15 is 0 Å². The summed E-state index contributed by atoms with van der Waals surface area (Å²) in [5.41, 5.74) is 1.09. The third kappa shape index (κ3) is 7.23. The van der Waals surface area contributed by atoms with Gasteiger partial charge in [0.05, 0.1) is 11.3 Å². The molecule has 7 nitrogen and oxygen atoms in total. The fraction of sp³-hybridized carbons (Fsp3) is 0.250. The molecule has 146 valence electrons. The Morgan fingerprint density at radius 3 is 2.41 bits per heavy atom. The van der Waals surface area contributed by atoms with Crippen LogP contribution in [0.2, 0.25) is 0 Å². The third-order valence-electron chi connectivity index (χ3n) is 3.29. The van der Waals surface area contributed by atoms with Crippen LogP contribution in [0.1, 0.15) is 11.1 Å². The number of ether oxygens (including phenoxy) is 1. The molecule has 0 aliphatic rings. The lowest BCUT2D eigenvalue weighted by Crippen LogP contribution is -2.24. The van der Waals surface area contributed by atoms with Gasteiger partial charge in [-0.25, -0.2) is 18.5 Å². The monoisotopic (exact) mass is 403 g/mol. The smallest absolute Gasteiger partial charge is 0.422 e. The van der Waals surface area contributed by atoms with Gasteiger partial charge in [0.2, 0.25) is 21.8 Å². The minimum Gasteiger partial charge on any atom is -0.468 e. The molecule has 27 heavy (non-hydrogen) atoms. The molecule has 0 aliphatic carbocycles. The summed E-state index contributed by atoms with van der Waals surface area (Å²) in [6.45, 7) is -1.39. The summed E-state index contributed by atoms with van der Waals surface area (Å²) in [5, 5.41) is 7.60. The number of aromatic nitrogens is 1. The Labute approximate surface area is 153 Å². The number of nitrogens with one attached hydrogen (secondary N) is 1. The van der Waals surface area contributed by atoms with E-state index in [0.717, 1.165) is 0 Å². The van der Waals surface area contributed by atoms with Gasteiger partial charge in [-0.2, -0.15) is 13.2 Å². The van der Waals surface area contributed by atoms with Gasteiger partial charge >= 0.3 is 6.18 Å². The second-order valence-electron chi connectivity index (χ2n) is 5.55. The summed E-state index contributed by atoms with van der Waals surface area (Å²) >= 11 is 0. The minimum atomic E-state index is -4.47. The summed E-state index contributed by atoms with van der Waals surface area (Å²) in [6, 6.07) is 8.36. The molecule has 2 aromatic rings. The molecule has 0 radical (unpaired) electrons. The molecular formula is C16H16F3N3O4S. The van der Waals surface area contributed by atoms with Crippen molar-refractivity contribution in [1.82, 2.24) is 10.3 Å². The van der Waals surface area contributed by atoms with Gasteiger partial charge in [0.15, 0.2) is 6.61 Å². The fourth-order valence-corrected chi connectivity index (χ4v) is 2.56. The number of primary sulfonamides is 1. The zero-order chi connectivity index (χ0) is 20.1. The van der Waals surface area contributed by atoms with Gasteiger partial charge in [0.1, 0.15) is 0 Å². The number of nitrogens with zero attached hydrogens (tertiary/aromatic N) is 1. The van der Waals surface area contributed by atoms with Crippen LogP contribution in [0.5, 0.6) is 5.88 Å². The van der Waals surface area contributed by atoms with Crippen LogP contribution >= 0.6 is 0 Å². The molecule has 11 heteroatoms. The maximum absolute atomic E-state index is 12.1. The number of rotatable bonds is 7. The molecule has 1 amide bonds. The number of carbonyl (C=O) groups is 1. The number of pyridine rings is 1. The largest absolute Gasteiger partial charge is 0.468 e. The van der Waals surface area contributed by atoms with Crippen molar-refractivity contribution in [1.29, 1.82) is 0 Å². The number of carbonyl (C=O) groups excluding carboxylic acids is 1. The van der Waals surface area contributed by atoms with Gasteiger partial charge in [-0.1, -0.05) is 12.1 Å². The Hall–Kier alpha value is -2.66. The number of sulfonamides is 1. The van der Waals surface area contributed by atoms with Gasteiger partial charge in [-0.3, -0.25) is 4.79 Å². The minimum absolute atomic E-state index is 0.00653. The number of benzene rings is 1. The van der Waals surface area contributed by atoms with Crippen molar-refractivity contribution in [2.45, 2.75) is 24.0 Å². The van der Waals surface area contributed by atoms with Gasteiger partial charge in [0, 0.05) is 18.8 Å².